The van der Waals surface area contributed by atoms with Crippen LogP contribution >= 0.6 is 11.8 Å². The number of nitrogens with zero attached hydrogens (tertiary/aromatic N) is 1. The number of hydrogen-bond acceptors (Lipinski definition) is 3. The minimum Gasteiger partial charge on any atom is -0.342 e. The second kappa shape index (κ2) is 10.6. The molecule has 2 N–H and O–H groups in total. The Hall–Kier alpha value is -0.220. The maximum Gasteiger partial charge on any atom is 0.222 e. The minimum atomic E-state index is 0.281. The molecule has 0 aliphatic carbocycles. The molecule has 2 atom stereocenters. The van der Waals surface area contributed by atoms with Crippen molar-refractivity contribution < 1.29 is 4.79 Å². The third-order valence-electron chi connectivity index (χ3n) is 3.98. The van der Waals surface area contributed by atoms with Crippen LogP contribution < -0.4 is 5.73 Å². The van der Waals surface area contributed by atoms with Gasteiger partial charge in [-0.25, -0.2) is 0 Å². The summed E-state index contributed by atoms with van der Waals surface area (Å²) in [5.41, 5.74) is 5.64. The first-order chi connectivity index (χ1) is 8.97. The molecule has 0 aliphatic heterocycles. The predicted molar refractivity (Wildman–Crippen MR) is 86.5 cm³/mol. The third kappa shape index (κ3) is 7.21. The quantitative estimate of drug-likeness (QED) is 0.672. The van der Waals surface area contributed by atoms with E-state index >= 15 is 0 Å². The zero-order valence-electron chi connectivity index (χ0n) is 13.3. The summed E-state index contributed by atoms with van der Waals surface area (Å²) in [6.07, 6.45) is 5.77. The van der Waals surface area contributed by atoms with Gasteiger partial charge in [-0.3, -0.25) is 4.79 Å². The highest BCUT2D eigenvalue weighted by atomic mass is 32.2. The van der Waals surface area contributed by atoms with Crippen LogP contribution in [0.2, 0.25) is 0 Å². The molecule has 0 rings (SSSR count). The molecule has 0 bridgehead atoms. The van der Waals surface area contributed by atoms with Crippen molar-refractivity contribution in [3.8, 4) is 0 Å². The smallest absolute Gasteiger partial charge is 0.222 e. The Morgan fingerprint density at radius 1 is 1.32 bits per heavy atom. The van der Waals surface area contributed by atoms with Crippen molar-refractivity contribution in [2.45, 2.75) is 52.5 Å². The van der Waals surface area contributed by atoms with E-state index in [1.165, 1.54) is 0 Å². The lowest BCUT2D eigenvalue weighted by molar-refractivity contribution is -0.132. The fourth-order valence-corrected chi connectivity index (χ4v) is 3.25. The molecule has 0 spiro atoms. The highest BCUT2D eigenvalue weighted by Gasteiger charge is 2.20. The molecular weight excluding hydrogens is 256 g/mol. The van der Waals surface area contributed by atoms with Crippen LogP contribution in [0, 0.1) is 11.8 Å². The van der Waals surface area contributed by atoms with E-state index in [1.807, 2.05) is 23.7 Å². The summed E-state index contributed by atoms with van der Waals surface area (Å²) in [6.45, 7) is 7.31. The van der Waals surface area contributed by atoms with Crippen LogP contribution in [0.1, 0.15) is 46.5 Å². The van der Waals surface area contributed by atoms with Gasteiger partial charge in [-0.15, -0.1) is 0 Å². The van der Waals surface area contributed by atoms with Gasteiger partial charge in [0, 0.05) is 25.3 Å². The summed E-state index contributed by atoms with van der Waals surface area (Å²) < 4.78 is 0. The van der Waals surface area contributed by atoms with Crippen molar-refractivity contribution in [1.82, 2.24) is 4.90 Å². The summed E-state index contributed by atoms with van der Waals surface area (Å²) in [6, 6.07) is 0.370. The van der Waals surface area contributed by atoms with Crippen LogP contribution in [-0.4, -0.2) is 42.4 Å². The Morgan fingerprint density at radius 2 is 1.95 bits per heavy atom. The van der Waals surface area contributed by atoms with E-state index in [2.05, 4.69) is 27.0 Å². The number of nitrogens with two attached hydrogens (primary N) is 1. The second-order valence-electron chi connectivity index (χ2n) is 5.64. The second-order valence-corrected chi connectivity index (χ2v) is 6.55. The molecule has 4 heteroatoms. The SMILES string of the molecule is CCC(CSC)N(C)C(=O)CCC(CCN)C(C)C. The first-order valence-corrected chi connectivity index (χ1v) is 8.81. The molecule has 114 valence electrons. The van der Waals surface area contributed by atoms with E-state index in [4.69, 9.17) is 5.73 Å². The number of amides is 1. The molecule has 0 aliphatic rings. The lowest BCUT2D eigenvalue weighted by Gasteiger charge is -2.28. The van der Waals surface area contributed by atoms with Gasteiger partial charge in [-0.1, -0.05) is 20.8 Å². The minimum absolute atomic E-state index is 0.281. The maximum atomic E-state index is 12.2. The van der Waals surface area contributed by atoms with E-state index in [1.54, 1.807) is 0 Å². The Labute approximate surface area is 123 Å². The average Bonchev–Trinajstić information content (AvgIpc) is 2.39. The molecule has 0 aromatic rings. The predicted octanol–water partition coefficient (Wildman–Crippen LogP) is 2.99. The van der Waals surface area contributed by atoms with Gasteiger partial charge in [0.15, 0.2) is 0 Å². The van der Waals surface area contributed by atoms with E-state index in [-0.39, 0.29) is 5.91 Å². The van der Waals surface area contributed by atoms with Crippen molar-refractivity contribution in [3.63, 3.8) is 0 Å². The standard InChI is InChI=1S/C15H32N2OS/c1-6-14(11-19-5)17(4)15(18)8-7-13(9-10-16)12(2)3/h12-14H,6-11,16H2,1-5H3. The molecule has 0 heterocycles. The summed E-state index contributed by atoms with van der Waals surface area (Å²) in [4.78, 5) is 14.2. The summed E-state index contributed by atoms with van der Waals surface area (Å²) in [7, 11) is 1.94. The Morgan fingerprint density at radius 3 is 2.37 bits per heavy atom. The first kappa shape index (κ1) is 18.8. The normalized spacial score (nSPS) is 14.5. The van der Waals surface area contributed by atoms with Crippen molar-refractivity contribution in [3.05, 3.63) is 0 Å². The van der Waals surface area contributed by atoms with Gasteiger partial charge in [0.1, 0.15) is 0 Å². The maximum absolute atomic E-state index is 12.2. The topological polar surface area (TPSA) is 46.3 Å². The zero-order valence-corrected chi connectivity index (χ0v) is 14.1. The highest BCUT2D eigenvalue weighted by molar-refractivity contribution is 7.98. The van der Waals surface area contributed by atoms with Crippen LogP contribution in [0.25, 0.3) is 0 Å². The third-order valence-corrected chi connectivity index (χ3v) is 4.70. The van der Waals surface area contributed by atoms with Gasteiger partial charge in [-0.2, -0.15) is 11.8 Å². The van der Waals surface area contributed by atoms with Crippen LogP contribution in [0.3, 0.4) is 0 Å². The fraction of sp³-hybridized carbons (Fsp3) is 0.933. The monoisotopic (exact) mass is 288 g/mol. The van der Waals surface area contributed by atoms with Crippen LogP contribution in [-0.2, 0) is 4.79 Å². The largest absolute Gasteiger partial charge is 0.342 e. The zero-order chi connectivity index (χ0) is 14.8. The molecule has 0 saturated carbocycles. The number of carbonyl (C=O) groups excluding carboxylic acids is 1. The molecular formula is C15H32N2OS. The molecule has 3 nitrogen and oxygen atoms in total. The van der Waals surface area contributed by atoms with E-state index in [9.17, 15) is 4.79 Å². The van der Waals surface area contributed by atoms with E-state index in [0.717, 1.165) is 31.6 Å². The van der Waals surface area contributed by atoms with Crippen LogP contribution in [0.4, 0.5) is 0 Å². The van der Waals surface area contributed by atoms with Crippen molar-refractivity contribution in [1.29, 1.82) is 0 Å². The Balaban J connectivity index is 4.27. The van der Waals surface area contributed by atoms with Crippen molar-refractivity contribution in [2.75, 3.05) is 25.6 Å². The highest BCUT2D eigenvalue weighted by Crippen LogP contribution is 2.21. The number of rotatable bonds is 10. The number of carbonyl (C=O) groups is 1. The molecule has 0 radical (unpaired) electrons. The van der Waals surface area contributed by atoms with Crippen molar-refractivity contribution in [2.24, 2.45) is 17.6 Å². The summed E-state index contributed by atoms with van der Waals surface area (Å²) in [5, 5.41) is 0. The lowest BCUT2D eigenvalue weighted by atomic mass is 9.88. The van der Waals surface area contributed by atoms with Gasteiger partial charge in [0.2, 0.25) is 5.91 Å². The van der Waals surface area contributed by atoms with Crippen molar-refractivity contribution >= 4 is 17.7 Å². The summed E-state index contributed by atoms with van der Waals surface area (Å²) in [5.74, 6) is 2.48. The summed E-state index contributed by atoms with van der Waals surface area (Å²) >= 11 is 1.81. The average molecular weight is 289 g/mol. The molecule has 2 unspecified atom stereocenters. The van der Waals surface area contributed by atoms with Gasteiger partial charge in [0.05, 0.1) is 0 Å². The molecule has 0 saturated heterocycles. The Kier molecular flexibility index (Phi) is 10.4. The Bertz CT molecular complexity index is 246. The van der Waals surface area contributed by atoms with Gasteiger partial charge in [-0.05, 0) is 43.9 Å². The van der Waals surface area contributed by atoms with Crippen LogP contribution in [0.15, 0.2) is 0 Å². The first-order valence-electron chi connectivity index (χ1n) is 7.42. The van der Waals surface area contributed by atoms with Gasteiger partial charge >= 0.3 is 0 Å². The molecule has 1 amide bonds. The number of hydrogen-bond donors (Lipinski definition) is 1. The van der Waals surface area contributed by atoms with Gasteiger partial charge < -0.3 is 10.6 Å². The lowest BCUT2D eigenvalue weighted by Crippen LogP contribution is -2.38. The van der Waals surface area contributed by atoms with E-state index < -0.39 is 0 Å². The number of thioether (sulfide) groups is 1. The van der Waals surface area contributed by atoms with Gasteiger partial charge in [0.25, 0.3) is 0 Å². The molecule has 19 heavy (non-hydrogen) atoms. The molecule has 0 fully saturated rings. The molecule has 0 aromatic heterocycles. The fourth-order valence-electron chi connectivity index (χ4n) is 2.41. The van der Waals surface area contributed by atoms with E-state index in [0.29, 0.717) is 24.3 Å². The van der Waals surface area contributed by atoms with Crippen LogP contribution in [0.5, 0.6) is 0 Å². The molecule has 0 aromatic carbocycles.